The lowest BCUT2D eigenvalue weighted by molar-refractivity contribution is -0.134. The van der Waals surface area contributed by atoms with Gasteiger partial charge in [0.05, 0.1) is 6.04 Å². The Kier molecular flexibility index (Phi) is 6.54. The van der Waals surface area contributed by atoms with Crippen molar-refractivity contribution in [3.63, 3.8) is 0 Å². The predicted octanol–water partition coefficient (Wildman–Crippen LogP) is 4.56. The van der Waals surface area contributed by atoms with Gasteiger partial charge in [0.15, 0.2) is 6.10 Å². The van der Waals surface area contributed by atoms with E-state index in [9.17, 15) is 9.59 Å². The first-order chi connectivity index (χ1) is 15.4. The predicted molar refractivity (Wildman–Crippen MR) is 126 cm³/mol. The molecule has 1 aliphatic heterocycles. The normalized spacial score (nSPS) is 18.8. The minimum Gasteiger partial charge on any atom is -0.481 e. The Morgan fingerprint density at radius 1 is 1.16 bits per heavy atom. The molecule has 5 nitrogen and oxygen atoms in total. The van der Waals surface area contributed by atoms with Gasteiger partial charge in [-0.25, -0.2) is 0 Å². The SMILES string of the molecule is CC[C@@H](Oc1ccc2c(c1)[C@H](c1cccc(C)c1)N(C(=O)C1CC1)CC2)C(=O)NC(C)C. The Labute approximate surface area is 191 Å². The van der Waals surface area contributed by atoms with Crippen molar-refractivity contribution in [3.05, 3.63) is 64.7 Å². The Bertz CT molecular complexity index is 996. The van der Waals surface area contributed by atoms with Crippen LogP contribution in [0.2, 0.25) is 0 Å². The zero-order valence-corrected chi connectivity index (χ0v) is 19.6. The summed E-state index contributed by atoms with van der Waals surface area (Å²) >= 11 is 0. The molecule has 0 aromatic heterocycles. The number of benzene rings is 2. The summed E-state index contributed by atoms with van der Waals surface area (Å²) in [5.41, 5.74) is 4.65. The van der Waals surface area contributed by atoms with E-state index in [0.717, 1.165) is 36.9 Å². The largest absolute Gasteiger partial charge is 0.481 e. The quantitative estimate of drug-likeness (QED) is 0.695. The molecular weight excluding hydrogens is 400 g/mol. The van der Waals surface area contributed by atoms with Crippen LogP contribution in [0.5, 0.6) is 5.75 Å². The molecule has 0 spiro atoms. The summed E-state index contributed by atoms with van der Waals surface area (Å²) in [6.45, 7) is 8.66. The topological polar surface area (TPSA) is 58.6 Å². The van der Waals surface area contributed by atoms with E-state index in [-0.39, 0.29) is 29.8 Å². The molecule has 4 rings (SSSR count). The Hall–Kier alpha value is -2.82. The summed E-state index contributed by atoms with van der Waals surface area (Å²) in [4.78, 5) is 27.8. The molecule has 1 fully saturated rings. The number of carbonyl (C=O) groups is 2. The minimum absolute atomic E-state index is 0.0661. The van der Waals surface area contributed by atoms with Crippen LogP contribution in [-0.2, 0) is 16.0 Å². The highest BCUT2D eigenvalue weighted by Gasteiger charge is 2.39. The molecule has 0 saturated heterocycles. The number of aryl methyl sites for hydroxylation is 1. The maximum atomic E-state index is 13.2. The lowest BCUT2D eigenvalue weighted by Gasteiger charge is -2.38. The van der Waals surface area contributed by atoms with Crippen molar-refractivity contribution in [2.24, 2.45) is 5.92 Å². The zero-order chi connectivity index (χ0) is 22.8. The van der Waals surface area contributed by atoms with Gasteiger partial charge in [-0.2, -0.15) is 0 Å². The van der Waals surface area contributed by atoms with E-state index in [4.69, 9.17) is 4.74 Å². The van der Waals surface area contributed by atoms with E-state index in [1.807, 2.05) is 32.9 Å². The van der Waals surface area contributed by atoms with E-state index in [2.05, 4.69) is 47.5 Å². The second-order valence-electron chi connectivity index (χ2n) is 9.41. The van der Waals surface area contributed by atoms with Gasteiger partial charge in [0, 0.05) is 18.5 Å². The molecule has 5 heteroatoms. The van der Waals surface area contributed by atoms with Gasteiger partial charge in [-0.1, -0.05) is 42.8 Å². The third-order valence-corrected chi connectivity index (χ3v) is 6.29. The van der Waals surface area contributed by atoms with Gasteiger partial charge >= 0.3 is 0 Å². The number of fused-ring (bicyclic) bond motifs is 1. The first kappa shape index (κ1) is 22.4. The van der Waals surface area contributed by atoms with Gasteiger partial charge in [-0.05, 0) is 75.3 Å². The fourth-order valence-electron chi connectivity index (χ4n) is 4.53. The van der Waals surface area contributed by atoms with Crippen LogP contribution in [-0.4, -0.2) is 35.4 Å². The van der Waals surface area contributed by atoms with Crippen molar-refractivity contribution < 1.29 is 14.3 Å². The van der Waals surface area contributed by atoms with Crippen molar-refractivity contribution in [1.29, 1.82) is 0 Å². The molecular formula is C27H34N2O3. The van der Waals surface area contributed by atoms with E-state index >= 15 is 0 Å². The minimum atomic E-state index is -0.541. The number of rotatable bonds is 7. The Balaban J connectivity index is 1.68. The van der Waals surface area contributed by atoms with Crippen LogP contribution < -0.4 is 10.1 Å². The summed E-state index contributed by atoms with van der Waals surface area (Å²) in [6, 6.07) is 14.5. The number of carbonyl (C=O) groups excluding carboxylic acids is 2. The molecule has 2 atom stereocenters. The maximum absolute atomic E-state index is 13.2. The summed E-state index contributed by atoms with van der Waals surface area (Å²) in [5, 5.41) is 2.94. The summed E-state index contributed by atoms with van der Waals surface area (Å²) in [7, 11) is 0. The van der Waals surface area contributed by atoms with E-state index in [0.29, 0.717) is 12.2 Å². The third kappa shape index (κ3) is 4.82. The number of nitrogens with zero attached hydrogens (tertiary/aromatic N) is 1. The Morgan fingerprint density at radius 3 is 2.59 bits per heavy atom. The summed E-state index contributed by atoms with van der Waals surface area (Å²) in [5.74, 6) is 1.01. The molecule has 0 radical (unpaired) electrons. The van der Waals surface area contributed by atoms with Gasteiger partial charge in [-0.3, -0.25) is 9.59 Å². The summed E-state index contributed by atoms with van der Waals surface area (Å²) < 4.78 is 6.14. The summed E-state index contributed by atoms with van der Waals surface area (Å²) in [6.07, 6.45) is 2.87. The maximum Gasteiger partial charge on any atom is 0.261 e. The highest BCUT2D eigenvalue weighted by molar-refractivity contribution is 5.82. The Morgan fingerprint density at radius 2 is 1.94 bits per heavy atom. The molecule has 0 unspecified atom stereocenters. The third-order valence-electron chi connectivity index (χ3n) is 6.29. The zero-order valence-electron chi connectivity index (χ0n) is 19.6. The van der Waals surface area contributed by atoms with Gasteiger partial charge in [0.2, 0.25) is 5.91 Å². The lowest BCUT2D eigenvalue weighted by Crippen LogP contribution is -2.42. The molecule has 32 heavy (non-hydrogen) atoms. The molecule has 1 heterocycles. The highest BCUT2D eigenvalue weighted by Crippen LogP contribution is 2.41. The number of hydrogen-bond donors (Lipinski definition) is 1. The van der Waals surface area contributed by atoms with E-state index in [1.54, 1.807) is 0 Å². The molecule has 1 aliphatic carbocycles. The number of ether oxygens (including phenoxy) is 1. The fraction of sp³-hybridized carbons (Fsp3) is 0.481. The standard InChI is InChI=1S/C27H34N2O3/c1-5-24(26(30)28-17(2)3)32-22-12-11-19-13-14-29(27(31)20-9-10-20)25(23(19)16-22)21-8-6-7-18(4)15-21/h6-8,11-12,15-17,20,24-25H,5,9-10,13-14H2,1-4H3,(H,28,30)/t24-,25+/m1/s1. The number of hydrogen-bond acceptors (Lipinski definition) is 3. The van der Waals surface area contributed by atoms with Crippen LogP contribution in [0.1, 0.15) is 68.3 Å². The molecule has 0 bridgehead atoms. The van der Waals surface area contributed by atoms with Crippen molar-refractivity contribution in [1.82, 2.24) is 10.2 Å². The van der Waals surface area contributed by atoms with Crippen LogP contribution in [0.4, 0.5) is 0 Å². The molecule has 1 saturated carbocycles. The second-order valence-corrected chi connectivity index (χ2v) is 9.41. The van der Waals surface area contributed by atoms with Gasteiger partial charge in [0.25, 0.3) is 5.91 Å². The van der Waals surface area contributed by atoms with Crippen molar-refractivity contribution in [3.8, 4) is 5.75 Å². The monoisotopic (exact) mass is 434 g/mol. The van der Waals surface area contributed by atoms with Gasteiger partial charge < -0.3 is 15.0 Å². The average Bonchev–Trinajstić information content (AvgIpc) is 3.61. The fourth-order valence-corrected chi connectivity index (χ4v) is 4.53. The second kappa shape index (κ2) is 9.35. The molecule has 2 aromatic carbocycles. The van der Waals surface area contributed by atoms with Crippen LogP contribution in [0.15, 0.2) is 42.5 Å². The molecule has 170 valence electrons. The number of nitrogens with one attached hydrogen (secondary N) is 1. The van der Waals surface area contributed by atoms with Crippen LogP contribution in [0, 0.1) is 12.8 Å². The van der Waals surface area contributed by atoms with E-state index < -0.39 is 6.10 Å². The molecule has 2 aliphatic rings. The van der Waals surface area contributed by atoms with Crippen molar-refractivity contribution in [2.45, 2.75) is 71.6 Å². The van der Waals surface area contributed by atoms with Crippen molar-refractivity contribution >= 4 is 11.8 Å². The van der Waals surface area contributed by atoms with Crippen molar-refractivity contribution in [2.75, 3.05) is 6.54 Å². The average molecular weight is 435 g/mol. The van der Waals surface area contributed by atoms with Gasteiger partial charge in [-0.15, -0.1) is 0 Å². The van der Waals surface area contributed by atoms with Crippen LogP contribution >= 0.6 is 0 Å². The van der Waals surface area contributed by atoms with Gasteiger partial charge in [0.1, 0.15) is 5.75 Å². The molecule has 2 aromatic rings. The van der Waals surface area contributed by atoms with Crippen LogP contribution in [0.3, 0.4) is 0 Å². The smallest absolute Gasteiger partial charge is 0.261 e. The lowest BCUT2D eigenvalue weighted by atomic mass is 9.87. The number of amides is 2. The first-order valence-corrected chi connectivity index (χ1v) is 11.8. The first-order valence-electron chi connectivity index (χ1n) is 11.8. The molecule has 2 amide bonds. The van der Waals surface area contributed by atoms with Crippen LogP contribution in [0.25, 0.3) is 0 Å². The van der Waals surface area contributed by atoms with E-state index in [1.165, 1.54) is 11.1 Å². The highest BCUT2D eigenvalue weighted by atomic mass is 16.5. The molecule has 1 N–H and O–H groups in total.